The van der Waals surface area contributed by atoms with Gasteiger partial charge in [-0.1, -0.05) is 0 Å². The van der Waals surface area contributed by atoms with E-state index in [1.54, 1.807) is 10.6 Å². The van der Waals surface area contributed by atoms with Gasteiger partial charge in [0.2, 0.25) is 0 Å². The first-order valence-corrected chi connectivity index (χ1v) is 2.57. The Morgan fingerprint density at radius 1 is 1.27 bits per heavy atom. The molecule has 0 saturated heterocycles. The van der Waals surface area contributed by atoms with E-state index in [-0.39, 0.29) is 0 Å². The number of hydrogen-bond donors (Lipinski definition) is 4. The zero-order chi connectivity index (χ0) is 8.85. The largest absolute Gasteiger partial charge is 0.387 e. The van der Waals surface area contributed by atoms with Gasteiger partial charge in [-0.15, -0.1) is 0 Å². The molecule has 5 N–H and O–H groups in total. The fraction of sp³-hybridized carbons (Fsp3) is 0.250. The Hall–Kier alpha value is -1.63. The van der Waals surface area contributed by atoms with Gasteiger partial charge < -0.3 is 10.8 Å². The van der Waals surface area contributed by atoms with Crippen molar-refractivity contribution in [3.05, 3.63) is 0 Å². The second kappa shape index (κ2) is 4.23. The third-order valence-corrected chi connectivity index (χ3v) is 0.633. The van der Waals surface area contributed by atoms with Gasteiger partial charge in [0.15, 0.2) is 0 Å². The number of nitrogens with one attached hydrogen (secondary N) is 2. The number of amides is 5. The highest BCUT2D eigenvalue weighted by Crippen LogP contribution is 1.65. The van der Waals surface area contributed by atoms with Crippen molar-refractivity contribution in [1.29, 1.82) is 0 Å². The van der Waals surface area contributed by atoms with Crippen LogP contribution in [0.25, 0.3) is 0 Å². The smallest absolute Gasteiger partial charge is 0.329 e. The van der Waals surface area contributed by atoms with E-state index >= 15 is 0 Å². The number of carbonyl (C=O) groups excluding carboxylic acids is 3. The predicted octanol–water partition coefficient (Wildman–Crippen LogP) is -2.12. The van der Waals surface area contributed by atoms with Crippen molar-refractivity contribution >= 4 is 18.0 Å². The summed E-state index contributed by atoms with van der Waals surface area (Å²) in [5.41, 5.74) is 4.53. The van der Waals surface area contributed by atoms with Gasteiger partial charge in [-0.05, 0) is 0 Å². The van der Waals surface area contributed by atoms with Crippen LogP contribution in [0, 0.1) is 0 Å². The van der Waals surface area contributed by atoms with E-state index in [1.807, 2.05) is 0 Å². The van der Waals surface area contributed by atoms with Gasteiger partial charge in [0.05, 0.1) is 0 Å². The second-order valence-electron chi connectivity index (χ2n) is 1.52. The summed E-state index contributed by atoms with van der Waals surface area (Å²) in [6.45, 7) is -0.827. The normalized spacial score (nSPS) is 8.45. The number of rotatable bonds is 1. The Morgan fingerprint density at radius 3 is 2.18 bits per heavy atom. The molecular weight excluding hydrogens is 154 g/mol. The van der Waals surface area contributed by atoms with Crippen molar-refractivity contribution in [3.63, 3.8) is 0 Å². The van der Waals surface area contributed by atoms with Gasteiger partial charge in [-0.3, -0.25) is 15.4 Å². The van der Waals surface area contributed by atoms with Crippen LogP contribution in [0.1, 0.15) is 0 Å². The van der Waals surface area contributed by atoms with Crippen molar-refractivity contribution in [3.8, 4) is 0 Å². The molecule has 7 heteroatoms. The lowest BCUT2D eigenvalue weighted by Crippen LogP contribution is -2.45. The van der Waals surface area contributed by atoms with Crippen LogP contribution in [-0.2, 0) is 4.79 Å². The molecule has 0 radical (unpaired) electrons. The number of carbonyl (C=O) groups is 3. The Labute approximate surface area is 61.6 Å². The first-order valence-electron chi connectivity index (χ1n) is 2.57. The van der Waals surface area contributed by atoms with Gasteiger partial charge in [0.1, 0.15) is 6.61 Å². The molecule has 0 bridgehead atoms. The molecule has 62 valence electrons. The van der Waals surface area contributed by atoms with Gasteiger partial charge in [0, 0.05) is 0 Å². The topological polar surface area (TPSA) is 122 Å². The molecule has 0 aromatic rings. The molecule has 11 heavy (non-hydrogen) atoms. The first-order chi connectivity index (χ1) is 5.06. The van der Waals surface area contributed by atoms with Crippen molar-refractivity contribution in [1.82, 2.24) is 10.6 Å². The lowest BCUT2D eigenvalue weighted by molar-refractivity contribution is -0.122. The summed E-state index contributed by atoms with van der Waals surface area (Å²) < 4.78 is 0. The number of imide groups is 2. The van der Waals surface area contributed by atoms with Crippen LogP contribution < -0.4 is 16.4 Å². The number of hydrogen-bond acceptors (Lipinski definition) is 4. The van der Waals surface area contributed by atoms with Gasteiger partial charge in [-0.25, -0.2) is 9.59 Å². The lowest BCUT2D eigenvalue weighted by Gasteiger charge is -1.99. The van der Waals surface area contributed by atoms with Gasteiger partial charge in [0.25, 0.3) is 5.91 Å². The maximum atomic E-state index is 10.4. The maximum absolute atomic E-state index is 10.4. The summed E-state index contributed by atoms with van der Waals surface area (Å²) in [5.74, 6) is -0.913. The average molecular weight is 161 g/mol. The van der Waals surface area contributed by atoms with Crippen LogP contribution in [0.3, 0.4) is 0 Å². The predicted molar refractivity (Wildman–Crippen MR) is 33.3 cm³/mol. The minimum Gasteiger partial charge on any atom is -0.387 e. The van der Waals surface area contributed by atoms with E-state index in [9.17, 15) is 14.4 Å². The average Bonchev–Trinajstić information content (AvgIpc) is 1.85. The second-order valence-corrected chi connectivity index (χ2v) is 1.52. The van der Waals surface area contributed by atoms with Crippen molar-refractivity contribution in [2.75, 3.05) is 6.61 Å². The molecule has 0 aliphatic carbocycles. The van der Waals surface area contributed by atoms with Crippen molar-refractivity contribution in [2.24, 2.45) is 5.73 Å². The van der Waals surface area contributed by atoms with E-state index in [0.717, 1.165) is 0 Å². The quantitative estimate of drug-likeness (QED) is 0.351. The maximum Gasteiger partial charge on any atom is 0.329 e. The zero-order valence-corrected chi connectivity index (χ0v) is 5.46. The molecule has 0 spiro atoms. The molecule has 0 saturated carbocycles. The molecular formula is C4H7N3O4. The molecule has 0 aromatic heterocycles. The number of nitrogens with two attached hydrogens (primary N) is 1. The van der Waals surface area contributed by atoms with Crippen LogP contribution in [0.15, 0.2) is 0 Å². The summed E-state index contributed by atoms with van der Waals surface area (Å²) in [6, 6.07) is -2.13. The molecule has 0 heterocycles. The van der Waals surface area contributed by atoms with Crippen LogP contribution in [0.4, 0.5) is 9.59 Å². The Bertz CT molecular complexity index is 190. The standard InChI is InChI=1S/C4H7N3O4/c5-3(10)7-4(11)6-2(9)1-8/h8H,1H2,(H4,5,6,7,9,10,11). The van der Waals surface area contributed by atoms with Crippen LogP contribution in [0.2, 0.25) is 0 Å². The molecule has 0 atom stereocenters. The van der Waals surface area contributed by atoms with Gasteiger partial charge in [-0.2, -0.15) is 0 Å². The highest BCUT2D eigenvalue weighted by atomic mass is 16.3. The number of primary amides is 1. The first kappa shape index (κ1) is 9.37. The van der Waals surface area contributed by atoms with E-state index in [4.69, 9.17) is 5.11 Å². The van der Waals surface area contributed by atoms with E-state index in [1.165, 1.54) is 0 Å². The number of urea groups is 2. The lowest BCUT2D eigenvalue weighted by atomic mass is 10.6. The van der Waals surface area contributed by atoms with Crippen molar-refractivity contribution in [2.45, 2.75) is 0 Å². The SMILES string of the molecule is NC(=O)NC(=O)NC(=O)CO. The molecule has 0 fully saturated rings. The molecule has 5 amide bonds. The third-order valence-electron chi connectivity index (χ3n) is 0.633. The molecule has 0 aliphatic rings. The highest BCUT2D eigenvalue weighted by Gasteiger charge is 2.06. The summed E-state index contributed by atoms with van der Waals surface area (Å²) >= 11 is 0. The van der Waals surface area contributed by atoms with Crippen LogP contribution in [-0.4, -0.2) is 29.7 Å². The Balaban J connectivity index is 3.70. The van der Waals surface area contributed by atoms with Crippen LogP contribution in [0.5, 0.6) is 0 Å². The minimum atomic E-state index is -1.08. The van der Waals surface area contributed by atoms with E-state index in [2.05, 4.69) is 5.73 Å². The number of aliphatic hydroxyl groups excluding tert-OH is 1. The summed E-state index contributed by atoms with van der Waals surface area (Å²) in [6.07, 6.45) is 0. The zero-order valence-electron chi connectivity index (χ0n) is 5.46. The molecule has 0 aromatic carbocycles. The Morgan fingerprint density at radius 2 is 1.82 bits per heavy atom. The molecule has 7 nitrogen and oxygen atoms in total. The van der Waals surface area contributed by atoms with E-state index in [0.29, 0.717) is 0 Å². The summed E-state index contributed by atoms with van der Waals surface area (Å²) in [7, 11) is 0. The summed E-state index contributed by atoms with van der Waals surface area (Å²) in [5, 5.41) is 11.3. The minimum absolute atomic E-state index is 0.827. The third kappa shape index (κ3) is 4.85. The Kier molecular flexibility index (Phi) is 3.60. The van der Waals surface area contributed by atoms with Crippen LogP contribution >= 0.6 is 0 Å². The highest BCUT2D eigenvalue weighted by molar-refractivity contribution is 6.01. The number of aliphatic hydroxyl groups is 1. The molecule has 0 rings (SSSR count). The fourth-order valence-corrected chi connectivity index (χ4v) is 0.309. The molecule has 0 unspecified atom stereocenters. The van der Waals surface area contributed by atoms with E-state index < -0.39 is 24.6 Å². The summed E-state index contributed by atoms with van der Waals surface area (Å²) in [4.78, 5) is 30.6. The molecule has 0 aliphatic heterocycles. The fourth-order valence-electron chi connectivity index (χ4n) is 0.309. The monoisotopic (exact) mass is 161 g/mol. The van der Waals surface area contributed by atoms with Crippen molar-refractivity contribution < 1.29 is 19.5 Å². The van der Waals surface area contributed by atoms with Gasteiger partial charge >= 0.3 is 12.1 Å².